The Balaban J connectivity index is 1.84. The van der Waals surface area contributed by atoms with Crippen LogP contribution in [-0.2, 0) is 18.9 Å². The molecule has 0 heterocycles. The van der Waals surface area contributed by atoms with Gasteiger partial charge >= 0.3 is 0 Å². The first kappa shape index (κ1) is 24.7. The Bertz CT molecular complexity index is 1100. The molecule has 4 rings (SSSR count). The van der Waals surface area contributed by atoms with Crippen LogP contribution >= 0.6 is 0 Å². The number of ether oxygens (including phenoxy) is 4. The highest BCUT2D eigenvalue weighted by Crippen LogP contribution is 2.53. The number of allylic oxidation sites excluding steroid dienone is 4. The van der Waals surface area contributed by atoms with E-state index in [2.05, 4.69) is 74.5 Å². The van der Waals surface area contributed by atoms with Gasteiger partial charge in [0.15, 0.2) is 11.5 Å². The molecular formula is C31H36O4. The van der Waals surface area contributed by atoms with E-state index < -0.39 is 0 Å². The van der Waals surface area contributed by atoms with Crippen LogP contribution in [0.4, 0.5) is 0 Å². The molecular weight excluding hydrogens is 436 g/mol. The van der Waals surface area contributed by atoms with Gasteiger partial charge < -0.3 is 18.9 Å². The number of rotatable bonds is 10. The van der Waals surface area contributed by atoms with Gasteiger partial charge in [0.2, 0.25) is 0 Å². The Hall–Kier alpha value is -3.40. The second-order valence-electron chi connectivity index (χ2n) is 8.79. The molecule has 2 aromatic carbocycles. The second kappa shape index (κ2) is 10.9. The van der Waals surface area contributed by atoms with Gasteiger partial charge in [-0.1, -0.05) is 74.5 Å². The average molecular weight is 473 g/mol. The van der Waals surface area contributed by atoms with E-state index in [1.165, 1.54) is 11.1 Å². The molecule has 0 N–H and O–H groups in total. The molecule has 184 valence electrons. The van der Waals surface area contributed by atoms with E-state index in [1.54, 1.807) is 28.4 Å². The van der Waals surface area contributed by atoms with Crippen LogP contribution in [0.25, 0.3) is 23.7 Å². The Morgan fingerprint density at radius 1 is 0.629 bits per heavy atom. The van der Waals surface area contributed by atoms with Crippen molar-refractivity contribution in [2.75, 3.05) is 28.4 Å². The summed E-state index contributed by atoms with van der Waals surface area (Å²) in [6.45, 7) is 4.28. The predicted octanol–water partition coefficient (Wildman–Crippen LogP) is 7.74. The van der Waals surface area contributed by atoms with E-state index in [1.807, 2.05) is 0 Å². The standard InChI is InChI=1S/C31H36O4/c1-7-9-13-20-15-11-17-22-24(28(32-3)30(34-5)26(20)22)19-25-23-18-12-16-21(14-10-8-2)27(23)31(35-6)29(25)33-4/h9-18,24-25H,7-8,19H2,1-6H3. The molecule has 0 saturated heterocycles. The fourth-order valence-corrected chi connectivity index (χ4v) is 5.47. The van der Waals surface area contributed by atoms with Crippen LogP contribution in [0.3, 0.4) is 0 Å². The van der Waals surface area contributed by atoms with Crippen LogP contribution in [0.1, 0.15) is 78.3 Å². The van der Waals surface area contributed by atoms with Crippen molar-refractivity contribution in [3.63, 3.8) is 0 Å². The molecule has 4 heteroatoms. The van der Waals surface area contributed by atoms with Crippen LogP contribution < -0.4 is 0 Å². The molecule has 2 unspecified atom stereocenters. The van der Waals surface area contributed by atoms with Gasteiger partial charge in [0, 0.05) is 23.0 Å². The molecule has 0 radical (unpaired) electrons. The summed E-state index contributed by atoms with van der Waals surface area (Å²) in [6, 6.07) is 12.9. The molecule has 0 spiro atoms. The fraction of sp³-hybridized carbons (Fsp3) is 0.355. The zero-order valence-corrected chi connectivity index (χ0v) is 21.7. The number of benzene rings is 2. The van der Waals surface area contributed by atoms with E-state index in [0.717, 1.165) is 64.6 Å². The van der Waals surface area contributed by atoms with Crippen molar-refractivity contribution in [3.05, 3.63) is 93.4 Å². The number of hydrogen-bond donors (Lipinski definition) is 0. The Kier molecular flexibility index (Phi) is 7.70. The van der Waals surface area contributed by atoms with E-state index in [9.17, 15) is 0 Å². The normalized spacial score (nSPS) is 19.0. The number of methoxy groups -OCH3 is 4. The molecule has 0 amide bonds. The average Bonchev–Trinajstić information content (AvgIpc) is 3.38. The van der Waals surface area contributed by atoms with Crippen LogP contribution in [0.2, 0.25) is 0 Å². The second-order valence-corrected chi connectivity index (χ2v) is 8.79. The van der Waals surface area contributed by atoms with Crippen LogP contribution in [0.5, 0.6) is 0 Å². The molecule has 2 aliphatic rings. The number of fused-ring (bicyclic) bond motifs is 2. The van der Waals surface area contributed by atoms with E-state index in [4.69, 9.17) is 18.9 Å². The zero-order valence-electron chi connectivity index (χ0n) is 21.7. The van der Waals surface area contributed by atoms with Gasteiger partial charge in [-0.05, 0) is 41.5 Å². The Morgan fingerprint density at radius 3 is 1.40 bits per heavy atom. The minimum absolute atomic E-state index is 0.0361. The topological polar surface area (TPSA) is 36.9 Å². The van der Waals surface area contributed by atoms with Crippen LogP contribution in [0, 0.1) is 0 Å². The molecule has 0 bridgehead atoms. The van der Waals surface area contributed by atoms with Crippen molar-refractivity contribution in [2.24, 2.45) is 0 Å². The SMILES string of the molecule is CCC=Cc1cccc2c1C(OC)=C(OC)C2CC1C(OC)=C(OC)c2c(C=CCC)cccc21. The summed E-state index contributed by atoms with van der Waals surface area (Å²) in [7, 11) is 6.92. The van der Waals surface area contributed by atoms with Crippen molar-refractivity contribution in [3.8, 4) is 0 Å². The summed E-state index contributed by atoms with van der Waals surface area (Å²) >= 11 is 0. The van der Waals surface area contributed by atoms with Gasteiger partial charge in [-0.2, -0.15) is 0 Å². The summed E-state index contributed by atoms with van der Waals surface area (Å²) in [4.78, 5) is 0. The van der Waals surface area contributed by atoms with Crippen molar-refractivity contribution < 1.29 is 18.9 Å². The van der Waals surface area contributed by atoms with Gasteiger partial charge in [-0.25, -0.2) is 0 Å². The summed E-state index contributed by atoms with van der Waals surface area (Å²) < 4.78 is 23.9. The minimum Gasteiger partial charge on any atom is -0.497 e. The van der Waals surface area contributed by atoms with E-state index in [-0.39, 0.29) is 11.8 Å². The summed E-state index contributed by atoms with van der Waals surface area (Å²) in [5, 5.41) is 0. The largest absolute Gasteiger partial charge is 0.497 e. The van der Waals surface area contributed by atoms with Gasteiger partial charge in [-0.3, -0.25) is 0 Å². The molecule has 2 atom stereocenters. The van der Waals surface area contributed by atoms with Crippen molar-refractivity contribution in [1.29, 1.82) is 0 Å². The number of hydrogen-bond acceptors (Lipinski definition) is 4. The summed E-state index contributed by atoms with van der Waals surface area (Å²) in [5.41, 5.74) is 6.99. The summed E-state index contributed by atoms with van der Waals surface area (Å²) in [6.07, 6.45) is 11.4. The lowest BCUT2D eigenvalue weighted by Crippen LogP contribution is -2.10. The lowest BCUT2D eigenvalue weighted by atomic mass is 9.84. The lowest BCUT2D eigenvalue weighted by molar-refractivity contribution is 0.226. The quantitative estimate of drug-likeness (QED) is 0.354. The molecule has 0 saturated carbocycles. The van der Waals surface area contributed by atoms with Crippen molar-refractivity contribution >= 4 is 23.7 Å². The first-order valence-corrected chi connectivity index (χ1v) is 12.4. The first-order valence-electron chi connectivity index (χ1n) is 12.4. The molecule has 35 heavy (non-hydrogen) atoms. The maximum absolute atomic E-state index is 6.00. The maximum Gasteiger partial charge on any atom is 0.165 e. The zero-order chi connectivity index (χ0) is 24.9. The lowest BCUT2D eigenvalue weighted by Gasteiger charge is -2.22. The molecule has 2 aromatic rings. The van der Waals surface area contributed by atoms with Crippen LogP contribution in [-0.4, -0.2) is 28.4 Å². The van der Waals surface area contributed by atoms with Gasteiger partial charge in [0.25, 0.3) is 0 Å². The van der Waals surface area contributed by atoms with E-state index >= 15 is 0 Å². The smallest absolute Gasteiger partial charge is 0.165 e. The predicted molar refractivity (Wildman–Crippen MR) is 144 cm³/mol. The van der Waals surface area contributed by atoms with Gasteiger partial charge in [0.1, 0.15) is 11.5 Å². The Labute approximate surface area is 209 Å². The third kappa shape index (κ3) is 4.27. The highest BCUT2D eigenvalue weighted by atomic mass is 16.5. The highest BCUT2D eigenvalue weighted by molar-refractivity contribution is 5.82. The van der Waals surface area contributed by atoms with Crippen molar-refractivity contribution in [1.82, 2.24) is 0 Å². The molecule has 2 aliphatic carbocycles. The van der Waals surface area contributed by atoms with Crippen LogP contribution in [0.15, 0.2) is 60.1 Å². The third-order valence-electron chi connectivity index (χ3n) is 6.93. The fourth-order valence-electron chi connectivity index (χ4n) is 5.47. The molecule has 0 aromatic heterocycles. The van der Waals surface area contributed by atoms with E-state index in [0.29, 0.717) is 0 Å². The monoisotopic (exact) mass is 472 g/mol. The molecule has 0 aliphatic heterocycles. The van der Waals surface area contributed by atoms with Crippen molar-refractivity contribution in [2.45, 2.75) is 44.9 Å². The highest BCUT2D eigenvalue weighted by Gasteiger charge is 2.42. The maximum atomic E-state index is 6.00. The minimum atomic E-state index is 0.0361. The first-order chi connectivity index (χ1) is 17.1. The third-order valence-corrected chi connectivity index (χ3v) is 6.93. The molecule has 0 fully saturated rings. The summed E-state index contributed by atoms with van der Waals surface area (Å²) in [5.74, 6) is 3.44. The van der Waals surface area contributed by atoms with Gasteiger partial charge in [-0.15, -0.1) is 0 Å². The Morgan fingerprint density at radius 2 is 1.06 bits per heavy atom. The van der Waals surface area contributed by atoms with Gasteiger partial charge in [0.05, 0.1) is 28.4 Å². The molecule has 4 nitrogen and oxygen atoms in total.